The van der Waals surface area contributed by atoms with Crippen LogP contribution in [0.15, 0.2) is 41.3 Å². The summed E-state index contributed by atoms with van der Waals surface area (Å²) in [7, 11) is 1.63. The largest absolute Gasteiger partial charge is 0.472 e. The highest BCUT2D eigenvalue weighted by molar-refractivity contribution is 7.89. The third-order valence-corrected chi connectivity index (χ3v) is 13.6. The third-order valence-electron chi connectivity index (χ3n) is 11.1. The Morgan fingerprint density at radius 3 is 1.71 bits per heavy atom. The highest BCUT2D eigenvalue weighted by Crippen LogP contribution is 2.43. The molecular formula is C48H85N3O10PS+. The number of nitrogens with one attached hydrogen (secondary N) is 1. The molecule has 0 heterocycles. The minimum absolute atomic E-state index is 0.00529. The number of benzene rings is 2. The lowest BCUT2D eigenvalue weighted by Crippen LogP contribution is -2.37. The Labute approximate surface area is 381 Å². The molecule has 2 aromatic carbocycles. The van der Waals surface area contributed by atoms with Gasteiger partial charge in [-0.3, -0.25) is 18.6 Å². The normalized spacial score (nSPS) is 13.5. The summed E-state index contributed by atoms with van der Waals surface area (Å²) in [4.78, 5) is 37.8. The zero-order chi connectivity index (χ0) is 46.4. The van der Waals surface area contributed by atoms with Crippen molar-refractivity contribution in [1.82, 2.24) is 4.72 Å². The lowest BCUT2D eigenvalue weighted by molar-refractivity contribution is -0.870. The number of ether oxygens (including phenoxy) is 2. The average molecular weight is 927 g/mol. The molecule has 0 radical (unpaired) electrons. The second-order valence-electron chi connectivity index (χ2n) is 18.3. The summed E-state index contributed by atoms with van der Waals surface area (Å²) in [5.41, 5.74) is 0.972. The molecule has 13 nitrogen and oxygen atoms in total. The van der Waals surface area contributed by atoms with Gasteiger partial charge in [-0.2, -0.15) is 0 Å². The van der Waals surface area contributed by atoms with Crippen LogP contribution >= 0.6 is 7.82 Å². The first-order valence-corrected chi connectivity index (χ1v) is 27.0. The van der Waals surface area contributed by atoms with Gasteiger partial charge in [0.1, 0.15) is 19.8 Å². The van der Waals surface area contributed by atoms with Gasteiger partial charge in [0, 0.05) is 49.9 Å². The van der Waals surface area contributed by atoms with E-state index < -0.39 is 42.5 Å². The number of esters is 2. The van der Waals surface area contributed by atoms with Crippen LogP contribution in [0.5, 0.6) is 0 Å². The van der Waals surface area contributed by atoms with E-state index in [-0.39, 0.29) is 26.1 Å². The van der Waals surface area contributed by atoms with Crippen molar-refractivity contribution in [1.29, 1.82) is 0 Å². The van der Waals surface area contributed by atoms with Crippen molar-refractivity contribution < 1.29 is 50.5 Å². The number of phosphoric acid groups is 1. The Kier molecular flexibility index (Phi) is 28.9. The molecule has 2 atom stereocenters. The summed E-state index contributed by atoms with van der Waals surface area (Å²) in [5.74, 6) is -0.879. The minimum Gasteiger partial charge on any atom is -0.462 e. The molecule has 0 saturated heterocycles. The molecule has 0 saturated carbocycles. The van der Waals surface area contributed by atoms with Gasteiger partial charge >= 0.3 is 19.8 Å². The molecule has 15 heteroatoms. The third kappa shape index (κ3) is 26.8. The number of sulfonamides is 1. The van der Waals surface area contributed by atoms with Crippen LogP contribution in [0.2, 0.25) is 0 Å². The summed E-state index contributed by atoms with van der Waals surface area (Å²) >= 11 is 0. The monoisotopic (exact) mass is 927 g/mol. The topological polar surface area (TPSA) is 158 Å². The molecule has 2 aromatic rings. The molecule has 1 unspecified atom stereocenters. The number of hydrogen-bond acceptors (Lipinski definition) is 10. The number of carbonyl (C=O) groups excluding carboxylic acids is 2. The quantitative estimate of drug-likeness (QED) is 0.0284. The number of quaternary nitrogens is 1. The first-order valence-electron chi connectivity index (χ1n) is 24.0. The van der Waals surface area contributed by atoms with E-state index in [4.69, 9.17) is 18.5 Å². The van der Waals surface area contributed by atoms with Gasteiger partial charge in [0.15, 0.2) is 6.10 Å². The molecule has 0 spiro atoms. The fourth-order valence-electron chi connectivity index (χ4n) is 7.36. The zero-order valence-electron chi connectivity index (χ0n) is 39.9. The molecule has 63 heavy (non-hydrogen) atoms. The number of anilines is 1. The minimum atomic E-state index is -4.42. The van der Waals surface area contributed by atoms with Crippen molar-refractivity contribution in [3.63, 3.8) is 0 Å². The summed E-state index contributed by atoms with van der Waals surface area (Å²) in [5, 5.41) is 1.61. The Morgan fingerprint density at radius 1 is 0.683 bits per heavy atom. The van der Waals surface area contributed by atoms with Gasteiger partial charge in [0.05, 0.1) is 32.6 Å². The van der Waals surface area contributed by atoms with E-state index >= 15 is 0 Å². The number of likely N-dealkylation sites (N-methyl/N-ethyl adjacent to an activating group) is 1. The van der Waals surface area contributed by atoms with Crippen LogP contribution in [-0.4, -0.2) is 104 Å². The van der Waals surface area contributed by atoms with E-state index in [9.17, 15) is 27.5 Å². The number of nitrogens with zero attached hydrogens (tertiary/aromatic N) is 2. The maximum absolute atomic E-state index is 13.2. The van der Waals surface area contributed by atoms with Crippen molar-refractivity contribution in [3.8, 4) is 0 Å². The molecule has 0 bridgehead atoms. The molecule has 0 amide bonds. The van der Waals surface area contributed by atoms with Gasteiger partial charge in [0.25, 0.3) is 0 Å². The van der Waals surface area contributed by atoms with E-state index in [0.717, 1.165) is 81.7 Å². The summed E-state index contributed by atoms with van der Waals surface area (Å²) in [6.07, 6.45) is 23.4. The van der Waals surface area contributed by atoms with Crippen LogP contribution in [0, 0.1) is 0 Å². The number of hydrogen-bond donors (Lipinski definition) is 2. The molecule has 0 aliphatic heterocycles. The van der Waals surface area contributed by atoms with E-state index in [1.807, 2.05) is 64.4 Å². The Morgan fingerprint density at radius 2 is 1.17 bits per heavy atom. The number of unbranched alkanes of at least 4 members (excludes halogenated alkanes) is 20. The van der Waals surface area contributed by atoms with Crippen molar-refractivity contribution in [3.05, 3.63) is 36.4 Å². The predicted octanol–water partition coefficient (Wildman–Crippen LogP) is 10.9. The summed E-state index contributed by atoms with van der Waals surface area (Å²) in [6.45, 7) is 2.42. The van der Waals surface area contributed by atoms with Crippen LogP contribution in [0.4, 0.5) is 5.69 Å². The molecule has 0 aliphatic rings. The second kappa shape index (κ2) is 32.2. The summed E-state index contributed by atoms with van der Waals surface area (Å²) in [6, 6.07) is 11.1. The van der Waals surface area contributed by atoms with Crippen LogP contribution in [0.3, 0.4) is 0 Å². The van der Waals surface area contributed by atoms with Gasteiger partial charge in [-0.15, -0.1) is 0 Å². The molecule has 0 aromatic heterocycles. The zero-order valence-corrected chi connectivity index (χ0v) is 41.6. The summed E-state index contributed by atoms with van der Waals surface area (Å²) < 4.78 is 63.5. The second-order valence-corrected chi connectivity index (χ2v) is 21.4. The van der Waals surface area contributed by atoms with Gasteiger partial charge in [0.2, 0.25) is 10.0 Å². The van der Waals surface area contributed by atoms with Crippen LogP contribution in [-0.2, 0) is 42.7 Å². The molecule has 362 valence electrons. The predicted molar refractivity (Wildman–Crippen MR) is 255 cm³/mol. The van der Waals surface area contributed by atoms with Gasteiger partial charge in [-0.05, 0) is 31.4 Å². The fraction of sp³-hybridized carbons (Fsp3) is 0.750. The maximum Gasteiger partial charge on any atom is 0.472 e. The Hall–Kier alpha value is -2.58. The molecule has 0 fully saturated rings. The van der Waals surface area contributed by atoms with E-state index in [1.54, 1.807) is 12.1 Å². The van der Waals surface area contributed by atoms with Crippen LogP contribution in [0.1, 0.15) is 161 Å². The SMILES string of the molecule is CCCCCCCCCCCCCCCC(=O)OC[C@H](COP(=O)(O)OCC[N+](C)(C)C)OC(=O)CCCCCCCCCCCNS(=O)(=O)c1cccc2c(N(C)C)cccc12. The average Bonchev–Trinajstić information content (AvgIpc) is 3.22. The first-order chi connectivity index (χ1) is 30.0. The van der Waals surface area contributed by atoms with Crippen molar-refractivity contribution >= 4 is 46.2 Å². The van der Waals surface area contributed by atoms with Crippen molar-refractivity contribution in [2.24, 2.45) is 0 Å². The highest BCUT2D eigenvalue weighted by Gasteiger charge is 2.27. The molecular weight excluding hydrogens is 842 g/mol. The molecule has 0 aliphatic carbocycles. The van der Waals surface area contributed by atoms with E-state index in [2.05, 4.69) is 11.6 Å². The molecule has 2 N–H and O–H groups in total. The smallest absolute Gasteiger partial charge is 0.462 e. The lowest BCUT2D eigenvalue weighted by Gasteiger charge is -2.24. The first kappa shape index (κ1) is 56.5. The molecule has 2 rings (SSSR count). The van der Waals surface area contributed by atoms with Gasteiger partial charge in [-0.25, -0.2) is 17.7 Å². The number of carbonyl (C=O) groups is 2. The standard InChI is InChI=1S/C48H84N3O10PS/c1-7-8-9-10-11-12-13-14-15-17-20-23-26-35-47(52)58-40-42(41-60-62(54,55)59-39-38-51(4,5)6)61-48(53)36-27-24-21-18-16-19-22-25-28-37-49-63(56,57)46-34-30-31-43-44(46)32-29-33-45(43)50(2)3/h29-34,42,49H,7-28,35-41H2,1-6H3/p+1/t42-/m1/s1. The maximum atomic E-state index is 13.2. The van der Waals surface area contributed by atoms with Crippen LogP contribution in [0.25, 0.3) is 10.8 Å². The Balaban J connectivity index is 1.64. The fourth-order valence-corrected chi connectivity index (χ4v) is 9.39. The van der Waals surface area contributed by atoms with Gasteiger partial charge < -0.3 is 23.8 Å². The van der Waals surface area contributed by atoms with Crippen molar-refractivity contribution in [2.45, 2.75) is 172 Å². The van der Waals surface area contributed by atoms with Crippen molar-refractivity contribution in [2.75, 3.05) is 73.0 Å². The Bertz CT molecular complexity index is 1720. The number of rotatable bonds is 39. The number of fused-ring (bicyclic) bond motifs is 1. The highest BCUT2D eigenvalue weighted by atomic mass is 32.2. The van der Waals surface area contributed by atoms with E-state index in [0.29, 0.717) is 34.3 Å². The number of phosphoric ester groups is 1. The lowest BCUT2D eigenvalue weighted by atomic mass is 10.0. The van der Waals surface area contributed by atoms with E-state index in [1.165, 1.54) is 64.2 Å². The van der Waals surface area contributed by atoms with Gasteiger partial charge in [-0.1, -0.05) is 153 Å². The van der Waals surface area contributed by atoms with Crippen LogP contribution < -0.4 is 9.62 Å².